The maximum atomic E-state index is 11.3. The Morgan fingerprint density at radius 3 is 2.71 bits per heavy atom. The second kappa shape index (κ2) is 6.65. The zero-order valence-corrected chi connectivity index (χ0v) is 12.9. The van der Waals surface area contributed by atoms with Crippen LogP contribution in [0.3, 0.4) is 0 Å². The molecule has 110 valence electrons. The summed E-state index contributed by atoms with van der Waals surface area (Å²) in [5.41, 5.74) is 8.29. The number of aromatic hydroxyl groups is 1. The molecular weight excluding hydrogens is 310 g/mol. The van der Waals surface area contributed by atoms with Crippen LogP contribution in [0.2, 0.25) is 0 Å². The van der Waals surface area contributed by atoms with E-state index >= 15 is 0 Å². The number of rotatable bonds is 1. The third-order valence-electron chi connectivity index (χ3n) is 2.62. The molecule has 0 aliphatic carbocycles. The summed E-state index contributed by atoms with van der Waals surface area (Å²) in [6, 6.07) is 10.3. The number of hydrogen-bond donors (Lipinski definition) is 2. The van der Waals surface area contributed by atoms with Gasteiger partial charge in [0.1, 0.15) is 5.75 Å². The van der Waals surface area contributed by atoms with Crippen molar-refractivity contribution in [2.45, 2.75) is 6.92 Å². The molecule has 0 radical (unpaired) electrons. The van der Waals surface area contributed by atoms with Crippen LogP contribution < -0.4 is 10.7 Å². The average Bonchev–Trinajstić information content (AvgIpc) is 2.78. The molecule has 0 saturated heterocycles. The van der Waals surface area contributed by atoms with Gasteiger partial charge in [0, 0.05) is 23.2 Å². The van der Waals surface area contributed by atoms with E-state index in [1.165, 1.54) is 6.07 Å². The molecule has 0 unspecified atom stereocenters. The third-order valence-corrected chi connectivity index (χ3v) is 3.39. The summed E-state index contributed by atoms with van der Waals surface area (Å²) in [6.07, 6.45) is 0. The molecule has 0 fully saturated rings. The number of halogens is 1. The SMILES string of the molecule is CCCl.Nc1cccc(-c2cc(O)cc3sc(=O)oc23)c1. The largest absolute Gasteiger partial charge is 0.508 e. The standard InChI is InChI=1S/C13H9NO3S.C2H5Cl/c14-8-3-1-2-7(4-8)10-5-9(15)6-11-12(10)17-13(16)18-11;1-2-3/h1-6,15H,14H2;2H2,1H3. The molecule has 3 N–H and O–H groups in total. The van der Waals surface area contributed by atoms with Gasteiger partial charge in [-0.15, -0.1) is 11.6 Å². The van der Waals surface area contributed by atoms with Gasteiger partial charge >= 0.3 is 4.94 Å². The van der Waals surface area contributed by atoms with Gasteiger partial charge in [-0.3, -0.25) is 0 Å². The molecule has 0 saturated carbocycles. The highest BCUT2D eigenvalue weighted by atomic mass is 35.5. The Labute approximate surface area is 130 Å². The fourth-order valence-electron chi connectivity index (χ4n) is 1.88. The van der Waals surface area contributed by atoms with Crippen molar-refractivity contribution in [1.29, 1.82) is 0 Å². The van der Waals surface area contributed by atoms with Crippen LogP contribution in [-0.4, -0.2) is 11.0 Å². The Balaban J connectivity index is 0.000000497. The molecular formula is C15H14ClNO3S. The van der Waals surface area contributed by atoms with E-state index in [2.05, 4.69) is 0 Å². The number of phenols is 1. The number of nitrogens with two attached hydrogens (primary N) is 1. The predicted octanol–water partition coefficient (Wildman–Crippen LogP) is 4.05. The Morgan fingerprint density at radius 2 is 2.05 bits per heavy atom. The zero-order valence-electron chi connectivity index (χ0n) is 11.3. The molecule has 21 heavy (non-hydrogen) atoms. The minimum absolute atomic E-state index is 0.0944. The summed E-state index contributed by atoms with van der Waals surface area (Å²) in [5, 5.41) is 9.68. The van der Waals surface area contributed by atoms with E-state index in [9.17, 15) is 9.90 Å². The molecule has 3 aromatic rings. The second-order valence-corrected chi connectivity index (χ2v) is 5.68. The first-order chi connectivity index (χ1) is 10.0. The van der Waals surface area contributed by atoms with Crippen molar-refractivity contribution in [3.05, 3.63) is 46.1 Å². The number of fused-ring (bicyclic) bond motifs is 1. The van der Waals surface area contributed by atoms with E-state index in [-0.39, 0.29) is 10.7 Å². The van der Waals surface area contributed by atoms with Gasteiger partial charge in [0.2, 0.25) is 0 Å². The summed E-state index contributed by atoms with van der Waals surface area (Å²) in [7, 11) is 0. The lowest BCUT2D eigenvalue weighted by molar-refractivity contribution is 0.476. The van der Waals surface area contributed by atoms with E-state index < -0.39 is 0 Å². The quantitative estimate of drug-likeness (QED) is 0.523. The molecule has 6 heteroatoms. The highest BCUT2D eigenvalue weighted by Gasteiger charge is 2.11. The van der Waals surface area contributed by atoms with Gasteiger partial charge < -0.3 is 15.3 Å². The van der Waals surface area contributed by atoms with Gasteiger partial charge in [0.15, 0.2) is 5.58 Å². The fourth-order valence-corrected chi connectivity index (χ4v) is 2.61. The van der Waals surface area contributed by atoms with Crippen molar-refractivity contribution in [1.82, 2.24) is 0 Å². The van der Waals surface area contributed by atoms with Crippen LogP contribution in [0.15, 0.2) is 45.6 Å². The third kappa shape index (κ3) is 3.56. The molecule has 0 bridgehead atoms. The first-order valence-electron chi connectivity index (χ1n) is 6.23. The first-order valence-corrected chi connectivity index (χ1v) is 7.58. The predicted molar refractivity (Wildman–Crippen MR) is 88.3 cm³/mol. The maximum absolute atomic E-state index is 11.3. The van der Waals surface area contributed by atoms with Gasteiger partial charge in [-0.25, -0.2) is 4.79 Å². The molecule has 0 amide bonds. The van der Waals surface area contributed by atoms with Gasteiger partial charge in [-0.2, -0.15) is 0 Å². The van der Waals surface area contributed by atoms with E-state index in [4.69, 9.17) is 21.8 Å². The van der Waals surface area contributed by atoms with Crippen LogP contribution in [0.25, 0.3) is 21.4 Å². The highest BCUT2D eigenvalue weighted by Crippen LogP contribution is 2.34. The van der Waals surface area contributed by atoms with Crippen LogP contribution in [0, 0.1) is 0 Å². The number of anilines is 1. The number of hydrogen-bond acceptors (Lipinski definition) is 5. The first kappa shape index (κ1) is 15.4. The average molecular weight is 324 g/mol. The van der Waals surface area contributed by atoms with Crippen LogP contribution in [0.4, 0.5) is 5.69 Å². The summed E-state index contributed by atoms with van der Waals surface area (Å²) < 4.78 is 5.78. The van der Waals surface area contributed by atoms with E-state index in [1.54, 1.807) is 18.2 Å². The smallest absolute Gasteiger partial charge is 0.396 e. The second-order valence-electron chi connectivity index (χ2n) is 4.17. The van der Waals surface area contributed by atoms with Crippen LogP contribution in [0.5, 0.6) is 5.75 Å². The molecule has 4 nitrogen and oxygen atoms in total. The van der Waals surface area contributed by atoms with Crippen LogP contribution in [0.1, 0.15) is 6.92 Å². The Hall–Kier alpha value is -1.98. The summed E-state index contributed by atoms with van der Waals surface area (Å²) in [4.78, 5) is 10.9. The van der Waals surface area contributed by atoms with Crippen molar-refractivity contribution >= 4 is 38.9 Å². The van der Waals surface area contributed by atoms with Crippen LogP contribution >= 0.6 is 22.9 Å². The Bertz CT molecular complexity index is 810. The molecule has 2 aromatic carbocycles. The van der Waals surface area contributed by atoms with Crippen molar-refractivity contribution < 1.29 is 9.52 Å². The van der Waals surface area contributed by atoms with Gasteiger partial charge in [-0.1, -0.05) is 30.4 Å². The van der Waals surface area contributed by atoms with E-state index in [0.29, 0.717) is 21.5 Å². The maximum Gasteiger partial charge on any atom is 0.396 e. The number of nitrogen functional groups attached to an aromatic ring is 1. The number of alkyl halides is 1. The number of benzene rings is 2. The van der Waals surface area contributed by atoms with Crippen LogP contribution in [-0.2, 0) is 0 Å². The summed E-state index contributed by atoms with van der Waals surface area (Å²) >= 11 is 5.96. The lowest BCUT2D eigenvalue weighted by atomic mass is 10.0. The topological polar surface area (TPSA) is 76.5 Å². The lowest BCUT2D eigenvalue weighted by Gasteiger charge is -2.04. The minimum Gasteiger partial charge on any atom is -0.508 e. The molecule has 0 aliphatic rings. The van der Waals surface area contributed by atoms with Gasteiger partial charge in [-0.05, 0) is 23.8 Å². The molecule has 1 heterocycles. The summed E-state index contributed by atoms with van der Waals surface area (Å²) in [6.45, 7) is 1.89. The van der Waals surface area contributed by atoms with E-state index in [1.807, 2.05) is 19.1 Å². The highest BCUT2D eigenvalue weighted by molar-refractivity contribution is 7.16. The fraction of sp³-hybridized carbons (Fsp3) is 0.133. The normalized spacial score (nSPS) is 10.2. The molecule has 1 aromatic heterocycles. The van der Waals surface area contributed by atoms with Crippen molar-refractivity contribution in [3.63, 3.8) is 0 Å². The van der Waals surface area contributed by atoms with E-state index in [0.717, 1.165) is 22.8 Å². The van der Waals surface area contributed by atoms with Crippen molar-refractivity contribution in [3.8, 4) is 16.9 Å². The zero-order chi connectivity index (χ0) is 15.4. The number of phenolic OH excluding ortho intramolecular Hbond substituents is 1. The monoisotopic (exact) mass is 323 g/mol. The Kier molecular flexibility index (Phi) is 4.88. The molecule has 0 spiro atoms. The Morgan fingerprint density at radius 1 is 1.33 bits per heavy atom. The van der Waals surface area contributed by atoms with Crippen molar-refractivity contribution in [2.75, 3.05) is 11.6 Å². The lowest BCUT2D eigenvalue weighted by Crippen LogP contribution is -1.86. The summed E-state index contributed by atoms with van der Waals surface area (Å²) in [5.74, 6) is 0.817. The van der Waals surface area contributed by atoms with Gasteiger partial charge in [0.25, 0.3) is 0 Å². The van der Waals surface area contributed by atoms with Crippen molar-refractivity contribution in [2.24, 2.45) is 0 Å². The molecule has 3 rings (SSSR count). The van der Waals surface area contributed by atoms with Gasteiger partial charge in [0.05, 0.1) is 4.70 Å². The minimum atomic E-state index is -0.388. The molecule has 0 aliphatic heterocycles. The molecule has 0 atom stereocenters.